The van der Waals surface area contributed by atoms with Gasteiger partial charge in [-0.3, -0.25) is 0 Å². The average Bonchev–Trinajstić information content (AvgIpc) is 3.17. The van der Waals surface area contributed by atoms with Crippen molar-refractivity contribution >= 4 is 16.9 Å². The molecule has 2 aliphatic heterocycles. The summed E-state index contributed by atoms with van der Waals surface area (Å²) < 4.78 is 20.9. The third-order valence-corrected chi connectivity index (χ3v) is 6.63. The van der Waals surface area contributed by atoms with Crippen LogP contribution >= 0.6 is 11.8 Å². The minimum absolute atomic E-state index is 0.199. The molecule has 2 saturated heterocycles. The molecule has 0 spiro atoms. The first-order valence-electron chi connectivity index (χ1n) is 10.3. The zero-order valence-corrected chi connectivity index (χ0v) is 18.1. The summed E-state index contributed by atoms with van der Waals surface area (Å²) in [4.78, 5) is 4.49. The number of benzene rings is 2. The maximum Gasteiger partial charge on any atom is 0.174 e. The summed E-state index contributed by atoms with van der Waals surface area (Å²) in [6, 6.07) is 14.3. The van der Waals surface area contributed by atoms with E-state index < -0.39 is 11.8 Å². The summed E-state index contributed by atoms with van der Waals surface area (Å²) in [6.07, 6.45) is -0.963. The molecule has 30 heavy (non-hydrogen) atoms. The molecule has 3 unspecified atom stereocenters. The number of amidine groups is 1. The Morgan fingerprint density at radius 2 is 2.07 bits per heavy atom. The monoisotopic (exact) mass is 429 g/mol. The van der Waals surface area contributed by atoms with E-state index in [9.17, 15) is 5.11 Å². The second-order valence-electron chi connectivity index (χ2n) is 8.30. The zero-order chi connectivity index (χ0) is 21.1. The number of nitrogens with one attached hydrogen (secondary N) is 2. The SMILES string of the molecule is CC(C)COc1ccc(F)c(C23CNCC2CS/C(=N\C(O)c2ccccc2)N3)c1. The molecule has 2 aliphatic rings. The molecular formula is C23H28FN3O2S. The fraction of sp³-hybridized carbons (Fsp3) is 0.435. The van der Waals surface area contributed by atoms with Gasteiger partial charge in [0.05, 0.1) is 12.1 Å². The normalized spacial score (nSPS) is 25.8. The number of halogens is 1. The Kier molecular flexibility index (Phi) is 6.32. The van der Waals surface area contributed by atoms with Gasteiger partial charge < -0.3 is 20.5 Å². The Morgan fingerprint density at radius 3 is 2.83 bits per heavy atom. The number of hydrogen-bond donors (Lipinski definition) is 3. The van der Waals surface area contributed by atoms with E-state index in [1.165, 1.54) is 6.07 Å². The van der Waals surface area contributed by atoms with Crippen LogP contribution in [0.4, 0.5) is 4.39 Å². The van der Waals surface area contributed by atoms with Crippen LogP contribution in [0.25, 0.3) is 0 Å². The Morgan fingerprint density at radius 1 is 1.27 bits per heavy atom. The van der Waals surface area contributed by atoms with Crippen LogP contribution in [0.5, 0.6) is 5.75 Å². The number of ether oxygens (including phenoxy) is 1. The van der Waals surface area contributed by atoms with Crippen LogP contribution in [-0.4, -0.2) is 35.7 Å². The van der Waals surface area contributed by atoms with Gasteiger partial charge in [0.25, 0.3) is 0 Å². The first-order valence-corrected chi connectivity index (χ1v) is 11.3. The molecule has 4 rings (SSSR count). The van der Waals surface area contributed by atoms with Gasteiger partial charge in [-0.25, -0.2) is 9.38 Å². The molecule has 0 amide bonds. The number of fused-ring (bicyclic) bond motifs is 1. The lowest BCUT2D eigenvalue weighted by molar-refractivity contribution is 0.187. The molecule has 3 atom stereocenters. The van der Waals surface area contributed by atoms with Gasteiger partial charge in [-0.15, -0.1) is 0 Å². The lowest BCUT2D eigenvalue weighted by atomic mass is 9.81. The highest BCUT2D eigenvalue weighted by Gasteiger charge is 2.49. The Bertz CT molecular complexity index is 909. The predicted molar refractivity (Wildman–Crippen MR) is 119 cm³/mol. The van der Waals surface area contributed by atoms with Crippen LogP contribution < -0.4 is 15.4 Å². The van der Waals surface area contributed by atoms with Gasteiger partial charge in [0.1, 0.15) is 11.6 Å². The van der Waals surface area contributed by atoms with E-state index in [2.05, 4.69) is 29.5 Å². The zero-order valence-electron chi connectivity index (χ0n) is 17.3. The van der Waals surface area contributed by atoms with E-state index in [-0.39, 0.29) is 11.7 Å². The van der Waals surface area contributed by atoms with Gasteiger partial charge in [0, 0.05) is 35.9 Å². The molecule has 5 nitrogen and oxygen atoms in total. The van der Waals surface area contributed by atoms with Gasteiger partial charge in [-0.1, -0.05) is 55.9 Å². The van der Waals surface area contributed by atoms with E-state index in [0.29, 0.717) is 35.6 Å². The summed E-state index contributed by atoms with van der Waals surface area (Å²) in [7, 11) is 0. The molecule has 0 saturated carbocycles. The van der Waals surface area contributed by atoms with Gasteiger partial charge in [0.15, 0.2) is 11.4 Å². The smallest absolute Gasteiger partial charge is 0.174 e. The predicted octanol–water partition coefficient (Wildman–Crippen LogP) is 3.66. The molecule has 0 aliphatic carbocycles. The summed E-state index contributed by atoms with van der Waals surface area (Å²) in [6.45, 7) is 6.13. The first-order chi connectivity index (χ1) is 14.5. The van der Waals surface area contributed by atoms with E-state index in [0.717, 1.165) is 17.9 Å². The van der Waals surface area contributed by atoms with E-state index in [4.69, 9.17) is 4.74 Å². The quantitative estimate of drug-likeness (QED) is 0.654. The maximum atomic E-state index is 15.0. The molecule has 7 heteroatoms. The summed E-state index contributed by atoms with van der Waals surface area (Å²) in [5.74, 6) is 1.78. The molecule has 0 aromatic heterocycles. The largest absolute Gasteiger partial charge is 0.493 e. The van der Waals surface area contributed by atoms with Crippen molar-refractivity contribution in [3.63, 3.8) is 0 Å². The molecule has 160 valence electrons. The van der Waals surface area contributed by atoms with Gasteiger partial charge in [-0.2, -0.15) is 0 Å². The van der Waals surface area contributed by atoms with Crippen molar-refractivity contribution in [3.05, 3.63) is 65.5 Å². The van der Waals surface area contributed by atoms with Crippen molar-refractivity contribution < 1.29 is 14.2 Å². The maximum absolute atomic E-state index is 15.0. The standard InChI is InChI=1S/C23H28FN3O2S/c1-15(2)12-29-18-8-9-20(24)19(10-18)23-14-25-11-17(23)13-30-22(27-23)26-21(28)16-6-4-3-5-7-16/h3-10,15,17,21,25,28H,11-14H2,1-2H3,(H,26,27). The Hall–Kier alpha value is -2.09. The van der Waals surface area contributed by atoms with E-state index >= 15 is 4.39 Å². The minimum Gasteiger partial charge on any atom is -0.493 e. The molecule has 2 aromatic carbocycles. The molecule has 0 bridgehead atoms. The lowest BCUT2D eigenvalue weighted by Gasteiger charge is -2.41. The third-order valence-electron chi connectivity index (χ3n) is 5.58. The first kappa shape index (κ1) is 21.2. The second kappa shape index (κ2) is 8.96. The summed E-state index contributed by atoms with van der Waals surface area (Å²) >= 11 is 1.57. The van der Waals surface area contributed by atoms with Gasteiger partial charge in [0.2, 0.25) is 0 Å². The van der Waals surface area contributed by atoms with E-state index in [1.807, 2.05) is 36.4 Å². The van der Waals surface area contributed by atoms with Crippen LogP contribution in [0.2, 0.25) is 0 Å². The van der Waals surface area contributed by atoms with Crippen molar-refractivity contribution in [1.82, 2.24) is 10.6 Å². The average molecular weight is 430 g/mol. The van der Waals surface area contributed by atoms with Gasteiger partial charge >= 0.3 is 0 Å². The third kappa shape index (κ3) is 4.33. The van der Waals surface area contributed by atoms with Crippen LogP contribution in [0, 0.1) is 17.7 Å². The molecule has 3 N–H and O–H groups in total. The van der Waals surface area contributed by atoms with Crippen LogP contribution in [0.1, 0.15) is 31.2 Å². The van der Waals surface area contributed by atoms with Crippen LogP contribution in [0.3, 0.4) is 0 Å². The molecule has 2 fully saturated rings. The topological polar surface area (TPSA) is 65.9 Å². The van der Waals surface area contributed by atoms with Gasteiger partial charge in [-0.05, 0) is 24.1 Å². The minimum atomic E-state index is -0.963. The summed E-state index contributed by atoms with van der Waals surface area (Å²) in [5.41, 5.74) is 0.686. The number of nitrogens with zero attached hydrogens (tertiary/aromatic N) is 1. The van der Waals surface area contributed by atoms with Crippen molar-refractivity contribution in [3.8, 4) is 5.75 Å². The highest BCUT2D eigenvalue weighted by Crippen LogP contribution is 2.41. The second-order valence-corrected chi connectivity index (χ2v) is 9.31. The molecule has 2 aromatic rings. The van der Waals surface area contributed by atoms with E-state index in [1.54, 1.807) is 17.8 Å². The van der Waals surface area contributed by atoms with Crippen molar-refractivity contribution in [2.75, 3.05) is 25.4 Å². The Balaban J connectivity index is 1.64. The fourth-order valence-corrected chi connectivity index (χ4v) is 5.17. The highest BCUT2D eigenvalue weighted by molar-refractivity contribution is 8.13. The number of rotatable bonds is 6. The number of hydrogen-bond acceptors (Lipinski definition) is 5. The van der Waals surface area contributed by atoms with Crippen molar-refractivity contribution in [2.24, 2.45) is 16.8 Å². The number of aliphatic hydroxyl groups is 1. The van der Waals surface area contributed by atoms with Crippen LogP contribution in [0.15, 0.2) is 53.5 Å². The number of aliphatic imine (C=N–C) groups is 1. The fourth-order valence-electron chi connectivity index (χ4n) is 3.98. The molecule has 0 radical (unpaired) electrons. The van der Waals surface area contributed by atoms with Crippen molar-refractivity contribution in [2.45, 2.75) is 25.6 Å². The highest BCUT2D eigenvalue weighted by atomic mass is 32.2. The molecular weight excluding hydrogens is 401 g/mol. The summed E-state index contributed by atoms with van der Waals surface area (Å²) in [5, 5.41) is 18.0. The Labute approximate surface area is 181 Å². The lowest BCUT2D eigenvalue weighted by Crippen LogP contribution is -2.55. The van der Waals surface area contributed by atoms with Crippen molar-refractivity contribution in [1.29, 1.82) is 0 Å². The number of thioether (sulfide) groups is 1. The number of aliphatic hydroxyl groups excluding tert-OH is 1. The molecule has 2 heterocycles. The van der Waals surface area contributed by atoms with Crippen LogP contribution in [-0.2, 0) is 5.54 Å².